The Morgan fingerprint density at radius 1 is 1.38 bits per heavy atom. The molecule has 21 heavy (non-hydrogen) atoms. The van der Waals surface area contributed by atoms with Crippen molar-refractivity contribution in [2.75, 3.05) is 5.73 Å². The summed E-state index contributed by atoms with van der Waals surface area (Å²) in [6, 6.07) is 3.84. The van der Waals surface area contributed by atoms with Gasteiger partial charge in [0.1, 0.15) is 5.02 Å². The first-order valence-electron chi connectivity index (χ1n) is 5.60. The number of halogens is 3. The van der Waals surface area contributed by atoms with Gasteiger partial charge >= 0.3 is 0 Å². The minimum atomic E-state index is -0.630. The summed E-state index contributed by atoms with van der Waals surface area (Å²) in [5.74, 6) is -0.630. The fourth-order valence-electron chi connectivity index (χ4n) is 1.41. The molecule has 0 bridgehead atoms. The Hall–Kier alpha value is -1.34. The first-order valence-corrected chi connectivity index (χ1v) is 7.55. The lowest BCUT2D eigenvalue weighted by Crippen LogP contribution is -2.20. The van der Waals surface area contributed by atoms with E-state index in [2.05, 4.69) is 15.5 Å². The molecule has 2 rings (SSSR count). The number of nitrogens with zero attached hydrogens (tertiary/aromatic N) is 2. The zero-order valence-corrected chi connectivity index (χ0v) is 13.7. The number of nitrogens with two attached hydrogens (primary N) is 1. The van der Waals surface area contributed by atoms with Crippen LogP contribution >= 0.6 is 46.1 Å². The summed E-state index contributed by atoms with van der Waals surface area (Å²) in [7, 11) is 0. The summed E-state index contributed by atoms with van der Waals surface area (Å²) in [6.07, 6.45) is 1.52. The van der Waals surface area contributed by atoms with Crippen LogP contribution in [0.15, 0.2) is 17.2 Å². The van der Waals surface area contributed by atoms with Crippen LogP contribution in [0.4, 0.5) is 5.69 Å². The van der Waals surface area contributed by atoms with E-state index >= 15 is 0 Å². The van der Waals surface area contributed by atoms with E-state index in [4.69, 9.17) is 40.5 Å². The molecule has 0 unspecified atom stereocenters. The van der Waals surface area contributed by atoms with E-state index in [1.54, 1.807) is 11.3 Å². The highest BCUT2D eigenvalue weighted by atomic mass is 35.5. The van der Waals surface area contributed by atoms with Crippen molar-refractivity contribution >= 4 is 63.9 Å². The number of aryl methyl sites for hydroxylation is 1. The summed E-state index contributed by atoms with van der Waals surface area (Å²) < 4.78 is 0. The molecule has 0 saturated heterocycles. The first kappa shape index (κ1) is 16.0. The minimum absolute atomic E-state index is 0.00124. The molecule has 0 aromatic carbocycles. The smallest absolute Gasteiger partial charge is 0.291 e. The number of aromatic nitrogens is 1. The number of rotatable bonds is 3. The van der Waals surface area contributed by atoms with Gasteiger partial charge in [-0.3, -0.25) is 4.79 Å². The quantitative estimate of drug-likeness (QED) is 0.495. The molecule has 5 nitrogen and oxygen atoms in total. The molecule has 0 aliphatic carbocycles. The number of carbonyl (C=O) groups is 1. The van der Waals surface area contributed by atoms with Crippen molar-refractivity contribution < 1.29 is 4.79 Å². The molecule has 3 N–H and O–H groups in total. The number of nitrogen functional groups attached to an aromatic ring is 1. The van der Waals surface area contributed by atoms with E-state index in [0.29, 0.717) is 0 Å². The summed E-state index contributed by atoms with van der Waals surface area (Å²) in [5.41, 5.74) is 7.81. The van der Waals surface area contributed by atoms with Gasteiger partial charge in [-0.1, -0.05) is 34.8 Å². The molecule has 2 aromatic heterocycles. The van der Waals surface area contributed by atoms with Crippen LogP contribution in [0, 0.1) is 6.92 Å². The Morgan fingerprint density at radius 2 is 2.10 bits per heavy atom. The maximum atomic E-state index is 12.0. The summed E-state index contributed by atoms with van der Waals surface area (Å²) >= 11 is 19.0. The number of nitrogens with one attached hydrogen (secondary N) is 1. The lowest BCUT2D eigenvalue weighted by molar-refractivity contribution is 0.0950. The third-order valence-electron chi connectivity index (χ3n) is 2.41. The lowest BCUT2D eigenvalue weighted by Gasteiger charge is -2.07. The number of hydrogen-bond acceptors (Lipinski definition) is 5. The highest BCUT2D eigenvalue weighted by Crippen LogP contribution is 2.34. The van der Waals surface area contributed by atoms with E-state index in [1.807, 2.05) is 19.1 Å². The molecule has 9 heteroatoms. The molecular formula is C12H9Cl3N4OS. The number of thiophene rings is 1. The van der Waals surface area contributed by atoms with Crippen LogP contribution < -0.4 is 11.2 Å². The number of pyridine rings is 1. The molecular weight excluding hydrogens is 355 g/mol. The van der Waals surface area contributed by atoms with Gasteiger partial charge < -0.3 is 5.73 Å². The Morgan fingerprint density at radius 3 is 2.71 bits per heavy atom. The number of hydrogen-bond donors (Lipinski definition) is 2. The summed E-state index contributed by atoms with van der Waals surface area (Å²) in [4.78, 5) is 17.8. The zero-order chi connectivity index (χ0) is 15.6. The molecule has 0 radical (unpaired) electrons. The Balaban J connectivity index is 2.16. The summed E-state index contributed by atoms with van der Waals surface area (Å²) in [5, 5.41) is 3.67. The van der Waals surface area contributed by atoms with Crippen LogP contribution in [0.2, 0.25) is 15.2 Å². The van der Waals surface area contributed by atoms with Gasteiger partial charge in [-0.2, -0.15) is 5.10 Å². The molecule has 0 spiro atoms. The van der Waals surface area contributed by atoms with Crippen molar-refractivity contribution in [1.82, 2.24) is 10.4 Å². The van der Waals surface area contributed by atoms with Crippen molar-refractivity contribution in [2.24, 2.45) is 5.10 Å². The van der Waals surface area contributed by atoms with Crippen LogP contribution in [-0.2, 0) is 0 Å². The largest absolute Gasteiger partial charge is 0.396 e. The van der Waals surface area contributed by atoms with Gasteiger partial charge in [-0.15, -0.1) is 11.3 Å². The highest BCUT2D eigenvalue weighted by molar-refractivity contribution is 7.13. The SMILES string of the molecule is Cc1ccc(/C=N\NC(=O)c2nc(Cl)c(Cl)c(N)c2Cl)s1. The second-order valence-electron chi connectivity index (χ2n) is 3.94. The van der Waals surface area contributed by atoms with E-state index < -0.39 is 5.91 Å². The van der Waals surface area contributed by atoms with Gasteiger partial charge in [0.25, 0.3) is 5.91 Å². The lowest BCUT2D eigenvalue weighted by atomic mass is 10.3. The molecule has 110 valence electrons. The average molecular weight is 364 g/mol. The fourth-order valence-corrected chi connectivity index (χ4v) is 2.76. The molecule has 0 aliphatic heterocycles. The second kappa shape index (κ2) is 6.62. The van der Waals surface area contributed by atoms with Crippen molar-refractivity contribution in [1.29, 1.82) is 0 Å². The maximum absolute atomic E-state index is 12.0. The van der Waals surface area contributed by atoms with Gasteiger partial charge in [-0.05, 0) is 19.1 Å². The van der Waals surface area contributed by atoms with Gasteiger partial charge in [-0.25, -0.2) is 10.4 Å². The molecule has 0 atom stereocenters. The number of carbonyl (C=O) groups excluding carboxylic acids is 1. The third-order valence-corrected chi connectivity index (χ3v) is 4.48. The Labute approximate surface area is 139 Å². The topological polar surface area (TPSA) is 80.4 Å². The van der Waals surface area contributed by atoms with Crippen LogP contribution in [-0.4, -0.2) is 17.1 Å². The van der Waals surface area contributed by atoms with Gasteiger partial charge in [0.05, 0.1) is 16.9 Å². The van der Waals surface area contributed by atoms with Crippen LogP contribution in [0.3, 0.4) is 0 Å². The molecule has 0 aliphatic rings. The molecule has 2 aromatic rings. The number of amides is 1. The van der Waals surface area contributed by atoms with E-state index in [1.165, 1.54) is 6.21 Å². The van der Waals surface area contributed by atoms with Crippen LogP contribution in [0.25, 0.3) is 0 Å². The normalized spacial score (nSPS) is 11.0. The van der Waals surface area contributed by atoms with E-state index in [9.17, 15) is 4.79 Å². The highest BCUT2D eigenvalue weighted by Gasteiger charge is 2.19. The van der Waals surface area contributed by atoms with Crippen molar-refractivity contribution in [2.45, 2.75) is 6.92 Å². The van der Waals surface area contributed by atoms with Crippen LogP contribution in [0.1, 0.15) is 20.2 Å². The predicted molar refractivity (Wildman–Crippen MR) is 87.8 cm³/mol. The monoisotopic (exact) mass is 362 g/mol. The molecule has 0 fully saturated rings. The predicted octanol–water partition coefficient (Wildman–Crippen LogP) is 3.76. The average Bonchev–Trinajstić information content (AvgIpc) is 2.86. The Kier molecular flexibility index (Phi) is 5.05. The van der Waals surface area contributed by atoms with Gasteiger partial charge in [0, 0.05) is 9.75 Å². The van der Waals surface area contributed by atoms with Crippen LogP contribution in [0.5, 0.6) is 0 Å². The third kappa shape index (κ3) is 3.65. The molecule has 1 amide bonds. The summed E-state index contributed by atoms with van der Waals surface area (Å²) in [6.45, 7) is 1.97. The van der Waals surface area contributed by atoms with Gasteiger partial charge in [0.15, 0.2) is 10.8 Å². The van der Waals surface area contributed by atoms with Crippen molar-refractivity contribution in [3.05, 3.63) is 42.8 Å². The molecule has 2 heterocycles. The minimum Gasteiger partial charge on any atom is -0.396 e. The zero-order valence-electron chi connectivity index (χ0n) is 10.7. The number of hydrazone groups is 1. The standard InChI is InChI=1S/C12H9Cl3N4OS/c1-5-2-3-6(21-5)4-17-19-12(20)10-7(13)9(16)8(14)11(15)18-10/h2-4H,1H3,(H2,16,18)(H,19,20)/b17-4-. The maximum Gasteiger partial charge on any atom is 0.291 e. The second-order valence-corrected chi connectivity index (χ2v) is 6.37. The first-order chi connectivity index (χ1) is 9.90. The van der Waals surface area contributed by atoms with Gasteiger partial charge in [0.2, 0.25) is 0 Å². The number of anilines is 1. The van der Waals surface area contributed by atoms with Crippen molar-refractivity contribution in [3.63, 3.8) is 0 Å². The van der Waals surface area contributed by atoms with E-state index in [0.717, 1.165) is 9.75 Å². The fraction of sp³-hybridized carbons (Fsp3) is 0.0833. The Bertz CT molecular complexity index is 730. The molecule has 0 saturated carbocycles. The van der Waals surface area contributed by atoms with Crippen molar-refractivity contribution in [3.8, 4) is 0 Å². The van der Waals surface area contributed by atoms with E-state index in [-0.39, 0.29) is 26.6 Å².